The number of aromatic nitrogens is 2. The molecule has 0 atom stereocenters. The second-order valence-corrected chi connectivity index (χ2v) is 4.70. The van der Waals surface area contributed by atoms with Gasteiger partial charge in [-0.3, -0.25) is 4.68 Å². The van der Waals surface area contributed by atoms with Crippen LogP contribution in [0, 0.1) is 6.92 Å². The van der Waals surface area contributed by atoms with E-state index in [1.807, 2.05) is 17.9 Å². The molecule has 1 heterocycles. The monoisotopic (exact) mass is 243 g/mol. The van der Waals surface area contributed by atoms with E-state index in [9.17, 15) is 0 Å². The first-order chi connectivity index (χ1) is 8.75. The summed E-state index contributed by atoms with van der Waals surface area (Å²) in [5.74, 6) is 0. The Morgan fingerprint density at radius 2 is 1.94 bits per heavy atom. The first kappa shape index (κ1) is 12.8. The molecule has 0 bridgehead atoms. The van der Waals surface area contributed by atoms with Crippen LogP contribution in [0.2, 0.25) is 0 Å². The fraction of sp³-hybridized carbons (Fsp3) is 0.400. The van der Waals surface area contributed by atoms with Crippen molar-refractivity contribution >= 4 is 0 Å². The van der Waals surface area contributed by atoms with Gasteiger partial charge in [0.25, 0.3) is 0 Å². The molecule has 0 saturated heterocycles. The van der Waals surface area contributed by atoms with Crippen LogP contribution in [0.4, 0.5) is 0 Å². The first-order valence-electron chi connectivity index (χ1n) is 6.48. The summed E-state index contributed by atoms with van der Waals surface area (Å²) >= 11 is 0. The summed E-state index contributed by atoms with van der Waals surface area (Å²) in [5, 5.41) is 7.65. The van der Waals surface area contributed by atoms with Crippen molar-refractivity contribution in [2.24, 2.45) is 7.05 Å². The smallest absolute Gasteiger partial charge is 0.0522 e. The second kappa shape index (κ2) is 6.36. The van der Waals surface area contributed by atoms with Crippen molar-refractivity contribution in [2.75, 3.05) is 13.1 Å². The summed E-state index contributed by atoms with van der Waals surface area (Å²) in [4.78, 5) is 0. The van der Waals surface area contributed by atoms with Gasteiger partial charge in [-0.15, -0.1) is 0 Å². The SMILES string of the molecule is Cc1ccccc1CCNCCc1cnn(C)c1. The van der Waals surface area contributed by atoms with Gasteiger partial charge in [-0.2, -0.15) is 5.10 Å². The summed E-state index contributed by atoms with van der Waals surface area (Å²) in [5.41, 5.74) is 4.11. The standard InChI is InChI=1S/C15H21N3/c1-13-5-3-4-6-15(13)8-10-16-9-7-14-11-17-18(2)12-14/h3-6,11-12,16H,7-10H2,1-2H3. The molecular weight excluding hydrogens is 222 g/mol. The van der Waals surface area contributed by atoms with E-state index >= 15 is 0 Å². The number of rotatable bonds is 6. The van der Waals surface area contributed by atoms with Crippen LogP contribution in [0.3, 0.4) is 0 Å². The Labute approximate surface area is 109 Å². The molecule has 0 amide bonds. The summed E-state index contributed by atoms with van der Waals surface area (Å²) in [6.45, 7) is 4.22. The first-order valence-corrected chi connectivity index (χ1v) is 6.48. The zero-order valence-electron chi connectivity index (χ0n) is 11.2. The van der Waals surface area contributed by atoms with Gasteiger partial charge in [0.05, 0.1) is 6.20 Å². The number of nitrogens with zero attached hydrogens (tertiary/aromatic N) is 2. The molecule has 1 N–H and O–H groups in total. The molecule has 3 heteroatoms. The highest BCUT2D eigenvalue weighted by molar-refractivity contribution is 5.25. The van der Waals surface area contributed by atoms with E-state index in [4.69, 9.17) is 0 Å². The van der Waals surface area contributed by atoms with Crippen molar-refractivity contribution in [1.29, 1.82) is 0 Å². The van der Waals surface area contributed by atoms with Gasteiger partial charge in [-0.05, 0) is 49.5 Å². The van der Waals surface area contributed by atoms with Gasteiger partial charge in [0.15, 0.2) is 0 Å². The van der Waals surface area contributed by atoms with Crippen LogP contribution < -0.4 is 5.32 Å². The lowest BCUT2D eigenvalue weighted by molar-refractivity contribution is 0.680. The molecule has 0 aliphatic carbocycles. The fourth-order valence-corrected chi connectivity index (χ4v) is 2.07. The quantitative estimate of drug-likeness (QED) is 0.787. The highest BCUT2D eigenvalue weighted by Gasteiger charge is 1.98. The maximum atomic E-state index is 4.16. The Morgan fingerprint density at radius 3 is 2.67 bits per heavy atom. The van der Waals surface area contributed by atoms with E-state index < -0.39 is 0 Å². The summed E-state index contributed by atoms with van der Waals surface area (Å²) in [6, 6.07) is 8.58. The fourth-order valence-electron chi connectivity index (χ4n) is 2.07. The normalized spacial score (nSPS) is 10.8. The Bertz CT molecular complexity index is 488. The van der Waals surface area contributed by atoms with Crippen LogP contribution in [0.5, 0.6) is 0 Å². The van der Waals surface area contributed by atoms with Crippen LogP contribution in [0.1, 0.15) is 16.7 Å². The van der Waals surface area contributed by atoms with Crippen molar-refractivity contribution in [3.05, 3.63) is 53.3 Å². The van der Waals surface area contributed by atoms with Crippen LogP contribution >= 0.6 is 0 Å². The minimum absolute atomic E-state index is 1.01. The average molecular weight is 243 g/mol. The third-order valence-corrected chi connectivity index (χ3v) is 3.18. The molecule has 0 aliphatic rings. The molecule has 96 valence electrons. The lowest BCUT2D eigenvalue weighted by atomic mass is 10.1. The number of aryl methyl sites for hydroxylation is 2. The molecule has 3 nitrogen and oxygen atoms in total. The van der Waals surface area contributed by atoms with Crippen LogP contribution in [0.25, 0.3) is 0 Å². The topological polar surface area (TPSA) is 29.9 Å². The van der Waals surface area contributed by atoms with Crippen molar-refractivity contribution in [3.63, 3.8) is 0 Å². The minimum Gasteiger partial charge on any atom is -0.316 e. The third-order valence-electron chi connectivity index (χ3n) is 3.18. The summed E-state index contributed by atoms with van der Waals surface area (Å²) < 4.78 is 1.85. The van der Waals surface area contributed by atoms with Gasteiger partial charge in [-0.25, -0.2) is 0 Å². The van der Waals surface area contributed by atoms with Gasteiger partial charge in [-0.1, -0.05) is 24.3 Å². The van der Waals surface area contributed by atoms with Crippen LogP contribution in [-0.2, 0) is 19.9 Å². The van der Waals surface area contributed by atoms with Crippen LogP contribution in [0.15, 0.2) is 36.7 Å². The summed E-state index contributed by atoms with van der Waals surface area (Å²) in [6.07, 6.45) is 6.15. The molecule has 2 rings (SSSR count). The van der Waals surface area contributed by atoms with E-state index in [0.717, 1.165) is 25.9 Å². The molecule has 2 aromatic rings. The maximum absolute atomic E-state index is 4.16. The van der Waals surface area contributed by atoms with E-state index in [-0.39, 0.29) is 0 Å². The molecule has 0 unspecified atom stereocenters. The van der Waals surface area contributed by atoms with Gasteiger partial charge in [0.1, 0.15) is 0 Å². The Balaban J connectivity index is 1.66. The van der Waals surface area contributed by atoms with Gasteiger partial charge < -0.3 is 5.32 Å². The molecule has 0 saturated carbocycles. The highest BCUT2D eigenvalue weighted by atomic mass is 15.2. The Hall–Kier alpha value is -1.61. The van der Waals surface area contributed by atoms with Gasteiger partial charge in [0.2, 0.25) is 0 Å². The Morgan fingerprint density at radius 1 is 1.17 bits per heavy atom. The third kappa shape index (κ3) is 3.70. The van der Waals surface area contributed by atoms with Gasteiger partial charge >= 0.3 is 0 Å². The number of benzene rings is 1. The highest BCUT2D eigenvalue weighted by Crippen LogP contribution is 2.06. The zero-order chi connectivity index (χ0) is 12.8. The van der Waals surface area contributed by atoms with Gasteiger partial charge in [0, 0.05) is 13.2 Å². The van der Waals surface area contributed by atoms with Crippen LogP contribution in [-0.4, -0.2) is 22.9 Å². The second-order valence-electron chi connectivity index (χ2n) is 4.70. The molecule has 1 aromatic heterocycles. The molecule has 0 fully saturated rings. The summed E-state index contributed by atoms with van der Waals surface area (Å²) in [7, 11) is 1.95. The van der Waals surface area contributed by atoms with Crippen molar-refractivity contribution < 1.29 is 0 Å². The minimum atomic E-state index is 1.01. The molecule has 0 aliphatic heterocycles. The maximum Gasteiger partial charge on any atom is 0.0522 e. The lowest BCUT2D eigenvalue weighted by Gasteiger charge is -2.06. The van der Waals surface area contributed by atoms with Crippen molar-refractivity contribution in [3.8, 4) is 0 Å². The average Bonchev–Trinajstić information content (AvgIpc) is 2.77. The predicted octanol–water partition coefficient (Wildman–Crippen LogP) is 2.10. The molecule has 0 radical (unpaired) electrons. The number of hydrogen-bond acceptors (Lipinski definition) is 2. The Kier molecular flexibility index (Phi) is 4.53. The number of hydrogen-bond donors (Lipinski definition) is 1. The lowest BCUT2D eigenvalue weighted by Crippen LogP contribution is -2.20. The molecule has 1 aromatic carbocycles. The largest absolute Gasteiger partial charge is 0.316 e. The van der Waals surface area contributed by atoms with E-state index in [1.165, 1.54) is 16.7 Å². The zero-order valence-corrected chi connectivity index (χ0v) is 11.2. The molecular formula is C15H21N3. The molecule has 18 heavy (non-hydrogen) atoms. The van der Waals surface area contributed by atoms with Crippen molar-refractivity contribution in [2.45, 2.75) is 19.8 Å². The number of nitrogens with one attached hydrogen (secondary N) is 1. The van der Waals surface area contributed by atoms with E-state index in [2.05, 4.69) is 47.8 Å². The van der Waals surface area contributed by atoms with E-state index in [0.29, 0.717) is 0 Å². The van der Waals surface area contributed by atoms with Crippen molar-refractivity contribution in [1.82, 2.24) is 15.1 Å². The van der Waals surface area contributed by atoms with E-state index in [1.54, 1.807) is 0 Å². The molecule has 0 spiro atoms. The predicted molar refractivity (Wildman–Crippen MR) is 74.7 cm³/mol.